The van der Waals surface area contributed by atoms with Gasteiger partial charge < -0.3 is 20.5 Å². The predicted octanol–water partition coefficient (Wildman–Crippen LogP) is 1.69. The number of carbonyl (C=O) groups excluding carboxylic acids is 2. The largest absolute Gasteiger partial charge is 0.493 e. The zero-order chi connectivity index (χ0) is 18.7. The van der Waals surface area contributed by atoms with E-state index in [0.29, 0.717) is 12.2 Å². The topological polar surface area (TPSA) is 87.7 Å². The standard InChI is InChI=1S/C18H16F2N2O4/c19-12-2-3-13(20)14(8-12)22-18(25)17(24)21-9-15(23)10-1-4-16-11(7-10)5-6-26-16/h1-4,7-8,15,23H,5-6,9H2,(H,21,24)(H,22,25). The number of aliphatic hydroxyl groups is 1. The first-order valence-corrected chi connectivity index (χ1v) is 7.92. The van der Waals surface area contributed by atoms with Crippen molar-refractivity contribution < 1.29 is 28.2 Å². The van der Waals surface area contributed by atoms with Gasteiger partial charge in [-0.3, -0.25) is 9.59 Å². The summed E-state index contributed by atoms with van der Waals surface area (Å²) in [6, 6.07) is 7.68. The number of halogens is 2. The van der Waals surface area contributed by atoms with Crippen molar-refractivity contribution in [1.82, 2.24) is 5.32 Å². The highest BCUT2D eigenvalue weighted by Gasteiger charge is 2.19. The number of nitrogens with one attached hydrogen (secondary N) is 2. The van der Waals surface area contributed by atoms with Gasteiger partial charge in [0.2, 0.25) is 0 Å². The van der Waals surface area contributed by atoms with Gasteiger partial charge in [-0.15, -0.1) is 0 Å². The van der Waals surface area contributed by atoms with E-state index < -0.39 is 35.2 Å². The minimum Gasteiger partial charge on any atom is -0.493 e. The third-order valence-corrected chi connectivity index (χ3v) is 3.94. The minimum absolute atomic E-state index is 0.211. The van der Waals surface area contributed by atoms with Crippen LogP contribution in [-0.2, 0) is 16.0 Å². The quantitative estimate of drug-likeness (QED) is 0.723. The SMILES string of the molecule is O=C(NCC(O)c1ccc2c(c1)CCO2)C(=O)Nc1cc(F)ccc1F. The lowest BCUT2D eigenvalue weighted by Gasteiger charge is -2.13. The Morgan fingerprint density at radius 2 is 1.96 bits per heavy atom. The van der Waals surface area contributed by atoms with E-state index in [4.69, 9.17) is 4.74 Å². The van der Waals surface area contributed by atoms with Crippen LogP contribution in [0.15, 0.2) is 36.4 Å². The number of amides is 2. The fraction of sp³-hybridized carbons (Fsp3) is 0.222. The van der Waals surface area contributed by atoms with E-state index in [0.717, 1.165) is 35.9 Å². The van der Waals surface area contributed by atoms with Crippen LogP contribution in [0.3, 0.4) is 0 Å². The Balaban J connectivity index is 1.56. The van der Waals surface area contributed by atoms with E-state index in [2.05, 4.69) is 5.32 Å². The average molecular weight is 362 g/mol. The monoisotopic (exact) mass is 362 g/mol. The molecule has 1 aliphatic heterocycles. The molecule has 1 atom stereocenters. The maximum atomic E-state index is 13.5. The lowest BCUT2D eigenvalue weighted by atomic mass is 10.0. The summed E-state index contributed by atoms with van der Waals surface area (Å²) in [6.07, 6.45) is -0.285. The van der Waals surface area contributed by atoms with Crippen LogP contribution in [0.1, 0.15) is 17.2 Å². The van der Waals surface area contributed by atoms with Crippen LogP contribution in [0.2, 0.25) is 0 Å². The average Bonchev–Trinajstić information content (AvgIpc) is 3.10. The third kappa shape index (κ3) is 3.97. The zero-order valence-corrected chi connectivity index (χ0v) is 13.6. The minimum atomic E-state index is -1.16. The molecule has 1 unspecified atom stereocenters. The molecule has 2 aromatic carbocycles. The van der Waals surface area contributed by atoms with Crippen LogP contribution in [0.5, 0.6) is 5.75 Å². The number of rotatable bonds is 4. The van der Waals surface area contributed by atoms with Crippen molar-refractivity contribution in [2.75, 3.05) is 18.5 Å². The molecule has 0 aliphatic carbocycles. The van der Waals surface area contributed by atoms with Gasteiger partial charge in [0.05, 0.1) is 18.4 Å². The molecule has 0 saturated carbocycles. The molecule has 26 heavy (non-hydrogen) atoms. The molecule has 6 nitrogen and oxygen atoms in total. The molecule has 0 fully saturated rings. The van der Waals surface area contributed by atoms with Gasteiger partial charge >= 0.3 is 11.8 Å². The molecule has 3 rings (SSSR count). The van der Waals surface area contributed by atoms with E-state index in [1.54, 1.807) is 18.2 Å². The molecule has 3 N–H and O–H groups in total. The highest BCUT2D eigenvalue weighted by atomic mass is 19.1. The van der Waals surface area contributed by atoms with Gasteiger partial charge in [0.15, 0.2) is 0 Å². The zero-order valence-electron chi connectivity index (χ0n) is 13.6. The normalized spacial score (nSPS) is 13.5. The second kappa shape index (κ2) is 7.49. The number of hydrogen-bond donors (Lipinski definition) is 3. The lowest BCUT2D eigenvalue weighted by molar-refractivity contribution is -0.136. The fourth-order valence-corrected chi connectivity index (χ4v) is 2.57. The van der Waals surface area contributed by atoms with E-state index in [-0.39, 0.29) is 6.54 Å². The molecule has 1 heterocycles. The van der Waals surface area contributed by atoms with Crippen molar-refractivity contribution in [2.45, 2.75) is 12.5 Å². The van der Waals surface area contributed by atoms with Gasteiger partial charge in [-0.05, 0) is 35.4 Å². The molecular formula is C18H16F2N2O4. The Bertz CT molecular complexity index is 857. The van der Waals surface area contributed by atoms with Crippen molar-refractivity contribution >= 4 is 17.5 Å². The molecule has 0 radical (unpaired) electrons. The van der Waals surface area contributed by atoms with Crippen molar-refractivity contribution in [2.24, 2.45) is 0 Å². The van der Waals surface area contributed by atoms with Crippen LogP contribution in [0, 0.1) is 11.6 Å². The Labute approximate surface area is 147 Å². The van der Waals surface area contributed by atoms with Crippen LogP contribution in [0.25, 0.3) is 0 Å². The van der Waals surface area contributed by atoms with E-state index in [9.17, 15) is 23.5 Å². The molecule has 0 spiro atoms. The predicted molar refractivity (Wildman–Crippen MR) is 88.6 cm³/mol. The summed E-state index contributed by atoms with van der Waals surface area (Å²) >= 11 is 0. The molecule has 0 aromatic heterocycles. The summed E-state index contributed by atoms with van der Waals surface area (Å²) in [7, 11) is 0. The third-order valence-electron chi connectivity index (χ3n) is 3.94. The number of anilines is 1. The second-order valence-corrected chi connectivity index (χ2v) is 5.77. The van der Waals surface area contributed by atoms with Crippen molar-refractivity contribution in [3.63, 3.8) is 0 Å². The summed E-state index contributed by atoms with van der Waals surface area (Å²) in [5.41, 5.74) is 1.10. The van der Waals surface area contributed by atoms with Gasteiger partial charge in [-0.1, -0.05) is 6.07 Å². The van der Waals surface area contributed by atoms with E-state index in [1.807, 2.05) is 5.32 Å². The smallest absolute Gasteiger partial charge is 0.313 e. The maximum absolute atomic E-state index is 13.5. The van der Waals surface area contributed by atoms with Crippen molar-refractivity contribution in [3.8, 4) is 5.75 Å². The van der Waals surface area contributed by atoms with Crippen molar-refractivity contribution in [3.05, 3.63) is 59.2 Å². The maximum Gasteiger partial charge on any atom is 0.313 e. The van der Waals surface area contributed by atoms with Crippen LogP contribution in [-0.4, -0.2) is 30.1 Å². The summed E-state index contributed by atoms with van der Waals surface area (Å²) in [6.45, 7) is 0.375. The molecule has 1 aliphatic rings. The Kier molecular flexibility index (Phi) is 5.13. The van der Waals surface area contributed by atoms with Crippen LogP contribution >= 0.6 is 0 Å². The first-order chi connectivity index (χ1) is 12.4. The number of aliphatic hydroxyl groups excluding tert-OH is 1. The number of benzene rings is 2. The Morgan fingerprint density at radius 1 is 1.15 bits per heavy atom. The molecule has 136 valence electrons. The first-order valence-electron chi connectivity index (χ1n) is 7.92. The highest BCUT2D eigenvalue weighted by molar-refractivity contribution is 6.39. The molecule has 2 aromatic rings. The number of carbonyl (C=O) groups is 2. The number of ether oxygens (including phenoxy) is 1. The van der Waals surface area contributed by atoms with Crippen LogP contribution in [0.4, 0.5) is 14.5 Å². The summed E-state index contributed by atoms with van der Waals surface area (Å²) in [5.74, 6) is -3.09. The summed E-state index contributed by atoms with van der Waals surface area (Å²) < 4.78 is 31.9. The second-order valence-electron chi connectivity index (χ2n) is 5.77. The molecule has 8 heteroatoms. The fourth-order valence-electron chi connectivity index (χ4n) is 2.57. The number of fused-ring (bicyclic) bond motifs is 1. The molecular weight excluding hydrogens is 346 g/mol. The van der Waals surface area contributed by atoms with Gasteiger partial charge in [-0.2, -0.15) is 0 Å². The molecule has 0 bridgehead atoms. The Morgan fingerprint density at radius 3 is 2.77 bits per heavy atom. The molecule has 2 amide bonds. The molecule has 0 saturated heterocycles. The van der Waals surface area contributed by atoms with Crippen LogP contribution < -0.4 is 15.4 Å². The summed E-state index contributed by atoms with van der Waals surface area (Å²) in [4.78, 5) is 23.6. The van der Waals surface area contributed by atoms with Gasteiger partial charge in [0.1, 0.15) is 17.4 Å². The lowest BCUT2D eigenvalue weighted by Crippen LogP contribution is -2.37. The van der Waals surface area contributed by atoms with Gasteiger partial charge in [0.25, 0.3) is 0 Å². The Hall–Kier alpha value is -3.00. The summed E-state index contributed by atoms with van der Waals surface area (Å²) in [5, 5.41) is 14.4. The van der Waals surface area contributed by atoms with E-state index >= 15 is 0 Å². The van der Waals surface area contributed by atoms with E-state index in [1.165, 1.54) is 0 Å². The first kappa shape index (κ1) is 17.8. The van der Waals surface area contributed by atoms with Gasteiger partial charge in [0, 0.05) is 19.0 Å². The highest BCUT2D eigenvalue weighted by Crippen LogP contribution is 2.28. The van der Waals surface area contributed by atoms with Crippen molar-refractivity contribution in [1.29, 1.82) is 0 Å². The van der Waals surface area contributed by atoms with Gasteiger partial charge in [-0.25, -0.2) is 8.78 Å². The number of hydrogen-bond acceptors (Lipinski definition) is 4.